The van der Waals surface area contributed by atoms with Crippen LogP contribution in [0.5, 0.6) is 0 Å². The fourth-order valence-electron chi connectivity index (χ4n) is 1.58. The van der Waals surface area contributed by atoms with Crippen LogP contribution in [0.25, 0.3) is 0 Å². The molecular formula is C13H17N3O3S. The maximum atomic E-state index is 11.8. The minimum atomic E-state index is -0.478. The number of nitrogens with one attached hydrogen (secondary N) is 1. The second-order valence-electron chi connectivity index (χ2n) is 4.03. The number of carbonyl (C=O) groups excluding carboxylic acids is 2. The third-order valence-electron chi connectivity index (χ3n) is 2.58. The highest BCUT2D eigenvalue weighted by molar-refractivity contribution is 7.18. The Morgan fingerprint density at radius 2 is 2.20 bits per heavy atom. The summed E-state index contributed by atoms with van der Waals surface area (Å²) >= 11 is 1.06. The van der Waals surface area contributed by atoms with E-state index in [1.807, 2.05) is 6.07 Å². The summed E-state index contributed by atoms with van der Waals surface area (Å²) in [5, 5.41) is 12.2. The zero-order chi connectivity index (χ0) is 15.1. The van der Waals surface area contributed by atoms with Gasteiger partial charge in [0, 0.05) is 6.42 Å². The number of hydrogen-bond acceptors (Lipinski definition) is 6. The molecule has 0 atom stereocenters. The molecule has 0 saturated heterocycles. The van der Waals surface area contributed by atoms with Crippen LogP contribution in [0, 0.1) is 18.3 Å². The highest BCUT2D eigenvalue weighted by Gasteiger charge is 2.21. The molecule has 6 nitrogen and oxygen atoms in total. The van der Waals surface area contributed by atoms with Gasteiger partial charge < -0.3 is 15.8 Å². The standard InChI is InChI=1S/C13H17N3O3S/c1-3-19-13(18)11-8(2)9(7-15)12(20-11)16-10(17)5-4-6-14/h3-6,14H2,1-2H3,(H,16,17). The van der Waals surface area contributed by atoms with Gasteiger partial charge in [0.1, 0.15) is 15.9 Å². The SMILES string of the molecule is CCOC(=O)c1sc(NC(=O)CCCN)c(C#N)c1C. The van der Waals surface area contributed by atoms with Gasteiger partial charge in [0.25, 0.3) is 0 Å². The van der Waals surface area contributed by atoms with Crippen molar-refractivity contribution in [2.45, 2.75) is 26.7 Å². The Morgan fingerprint density at radius 3 is 2.75 bits per heavy atom. The van der Waals surface area contributed by atoms with Gasteiger partial charge in [-0.15, -0.1) is 11.3 Å². The van der Waals surface area contributed by atoms with Gasteiger partial charge in [0.05, 0.1) is 12.2 Å². The van der Waals surface area contributed by atoms with Crippen LogP contribution in [-0.4, -0.2) is 25.0 Å². The van der Waals surface area contributed by atoms with Crippen molar-refractivity contribution < 1.29 is 14.3 Å². The number of hydrogen-bond donors (Lipinski definition) is 2. The van der Waals surface area contributed by atoms with Crippen LogP contribution in [0.15, 0.2) is 0 Å². The molecule has 1 rings (SSSR count). The molecule has 108 valence electrons. The van der Waals surface area contributed by atoms with Crippen molar-refractivity contribution in [1.82, 2.24) is 0 Å². The topological polar surface area (TPSA) is 105 Å². The summed E-state index contributed by atoms with van der Waals surface area (Å²) < 4.78 is 4.92. The van der Waals surface area contributed by atoms with E-state index in [0.717, 1.165) is 11.3 Å². The van der Waals surface area contributed by atoms with E-state index in [2.05, 4.69) is 5.32 Å². The molecule has 1 aromatic rings. The molecule has 3 N–H and O–H groups in total. The minimum Gasteiger partial charge on any atom is -0.462 e. The van der Waals surface area contributed by atoms with Gasteiger partial charge in [0.2, 0.25) is 5.91 Å². The lowest BCUT2D eigenvalue weighted by molar-refractivity contribution is -0.116. The molecule has 1 aromatic heterocycles. The number of amides is 1. The highest BCUT2D eigenvalue weighted by Crippen LogP contribution is 2.33. The van der Waals surface area contributed by atoms with E-state index in [4.69, 9.17) is 15.7 Å². The third-order valence-corrected chi connectivity index (χ3v) is 3.77. The van der Waals surface area contributed by atoms with Crippen molar-refractivity contribution in [3.63, 3.8) is 0 Å². The fraction of sp³-hybridized carbons (Fsp3) is 0.462. The van der Waals surface area contributed by atoms with Gasteiger partial charge in [-0.25, -0.2) is 4.79 Å². The number of carbonyl (C=O) groups is 2. The largest absolute Gasteiger partial charge is 0.462 e. The average Bonchev–Trinajstić information content (AvgIpc) is 2.72. The molecule has 0 aliphatic rings. The van der Waals surface area contributed by atoms with Crippen LogP contribution in [0.1, 0.15) is 40.6 Å². The van der Waals surface area contributed by atoms with Crippen molar-refractivity contribution in [1.29, 1.82) is 5.26 Å². The zero-order valence-corrected chi connectivity index (χ0v) is 12.3. The quantitative estimate of drug-likeness (QED) is 0.778. The first-order valence-corrected chi connectivity index (χ1v) is 7.07. The van der Waals surface area contributed by atoms with Gasteiger partial charge in [-0.1, -0.05) is 0 Å². The summed E-state index contributed by atoms with van der Waals surface area (Å²) in [6.07, 6.45) is 0.857. The van der Waals surface area contributed by atoms with E-state index in [-0.39, 0.29) is 18.9 Å². The molecule has 0 bridgehead atoms. The van der Waals surface area contributed by atoms with Gasteiger partial charge in [-0.2, -0.15) is 5.26 Å². The monoisotopic (exact) mass is 295 g/mol. The molecule has 0 saturated carbocycles. The van der Waals surface area contributed by atoms with Crippen molar-refractivity contribution >= 4 is 28.2 Å². The normalized spacial score (nSPS) is 9.90. The van der Waals surface area contributed by atoms with Crippen LogP contribution < -0.4 is 11.1 Å². The molecule has 0 fully saturated rings. The van der Waals surface area contributed by atoms with Crippen molar-refractivity contribution in [3.05, 3.63) is 16.0 Å². The summed E-state index contributed by atoms with van der Waals surface area (Å²) in [5.41, 5.74) is 6.17. The minimum absolute atomic E-state index is 0.219. The van der Waals surface area contributed by atoms with Crippen molar-refractivity contribution in [2.75, 3.05) is 18.5 Å². The lowest BCUT2D eigenvalue weighted by Gasteiger charge is -2.02. The van der Waals surface area contributed by atoms with Gasteiger partial charge in [-0.05, 0) is 32.4 Å². The Kier molecular flexibility index (Phi) is 6.15. The second-order valence-corrected chi connectivity index (χ2v) is 5.05. The molecule has 0 aliphatic carbocycles. The third kappa shape index (κ3) is 3.79. The van der Waals surface area contributed by atoms with Crippen LogP contribution in [0.2, 0.25) is 0 Å². The number of anilines is 1. The first-order valence-electron chi connectivity index (χ1n) is 6.25. The van der Waals surface area contributed by atoms with Crippen LogP contribution in [0.4, 0.5) is 5.00 Å². The van der Waals surface area contributed by atoms with Crippen LogP contribution >= 0.6 is 11.3 Å². The van der Waals surface area contributed by atoms with E-state index in [0.29, 0.717) is 34.0 Å². The van der Waals surface area contributed by atoms with Crippen molar-refractivity contribution in [3.8, 4) is 6.07 Å². The summed E-state index contributed by atoms with van der Waals surface area (Å²) in [4.78, 5) is 23.8. The number of nitrogens with zero attached hydrogens (tertiary/aromatic N) is 1. The number of nitrogens with two attached hydrogens (primary N) is 1. The smallest absolute Gasteiger partial charge is 0.348 e. The highest BCUT2D eigenvalue weighted by atomic mass is 32.1. The molecule has 0 unspecified atom stereocenters. The summed E-state index contributed by atoms with van der Waals surface area (Å²) in [5.74, 6) is -0.697. The second kappa shape index (κ2) is 7.62. The lowest BCUT2D eigenvalue weighted by Crippen LogP contribution is -2.13. The van der Waals surface area contributed by atoms with E-state index >= 15 is 0 Å². The van der Waals surface area contributed by atoms with Gasteiger partial charge in [-0.3, -0.25) is 4.79 Å². The summed E-state index contributed by atoms with van der Waals surface area (Å²) in [6, 6.07) is 2.01. The average molecular weight is 295 g/mol. The maximum absolute atomic E-state index is 11.8. The molecular weight excluding hydrogens is 278 g/mol. The van der Waals surface area contributed by atoms with Gasteiger partial charge in [0.15, 0.2) is 0 Å². The molecule has 20 heavy (non-hydrogen) atoms. The molecule has 0 aromatic carbocycles. The number of nitriles is 1. The summed E-state index contributed by atoms with van der Waals surface area (Å²) in [7, 11) is 0. The maximum Gasteiger partial charge on any atom is 0.348 e. The van der Waals surface area contributed by atoms with E-state index in [1.165, 1.54) is 0 Å². The Hall–Kier alpha value is -1.91. The Balaban J connectivity index is 2.97. The molecule has 0 radical (unpaired) electrons. The Bertz CT molecular complexity index is 546. The fourth-order valence-corrected chi connectivity index (χ4v) is 2.65. The molecule has 1 heterocycles. The first-order chi connectivity index (χ1) is 9.54. The molecule has 1 amide bonds. The molecule has 7 heteroatoms. The lowest BCUT2D eigenvalue weighted by atomic mass is 10.1. The van der Waals surface area contributed by atoms with Crippen LogP contribution in [-0.2, 0) is 9.53 Å². The van der Waals surface area contributed by atoms with Crippen molar-refractivity contribution in [2.24, 2.45) is 5.73 Å². The Labute approximate surface area is 121 Å². The predicted molar refractivity (Wildman–Crippen MR) is 76.6 cm³/mol. The molecule has 0 spiro atoms. The van der Waals surface area contributed by atoms with Gasteiger partial charge >= 0.3 is 5.97 Å². The first kappa shape index (κ1) is 16.1. The number of ether oxygens (including phenoxy) is 1. The number of esters is 1. The molecule has 0 aliphatic heterocycles. The van der Waals surface area contributed by atoms with Crippen LogP contribution in [0.3, 0.4) is 0 Å². The predicted octanol–water partition coefficient (Wildman–Crippen LogP) is 1.78. The zero-order valence-electron chi connectivity index (χ0n) is 11.5. The van der Waals surface area contributed by atoms with E-state index < -0.39 is 5.97 Å². The number of rotatable bonds is 6. The summed E-state index contributed by atoms with van der Waals surface area (Å²) in [6.45, 7) is 4.06. The number of thiophene rings is 1. The van der Waals surface area contributed by atoms with E-state index in [9.17, 15) is 9.59 Å². The van der Waals surface area contributed by atoms with E-state index in [1.54, 1.807) is 13.8 Å². The Morgan fingerprint density at radius 1 is 1.50 bits per heavy atom.